The molecule has 9 heteroatoms. The minimum absolute atomic E-state index is 0.0218. The van der Waals surface area contributed by atoms with E-state index in [1.165, 1.54) is 42.5 Å². The molecule has 4 N–H and O–H groups in total. The van der Waals surface area contributed by atoms with Gasteiger partial charge in [0, 0.05) is 23.7 Å². The molecule has 35 heavy (non-hydrogen) atoms. The van der Waals surface area contributed by atoms with Crippen LogP contribution in [0.2, 0.25) is 0 Å². The van der Waals surface area contributed by atoms with Gasteiger partial charge in [0.15, 0.2) is 17.3 Å². The summed E-state index contributed by atoms with van der Waals surface area (Å²) in [6, 6.07) is 13.2. The summed E-state index contributed by atoms with van der Waals surface area (Å²) >= 11 is 0. The van der Waals surface area contributed by atoms with E-state index in [1.54, 1.807) is 12.1 Å². The largest absolute Gasteiger partial charge is 0.507 e. The normalized spacial score (nSPS) is 12.8. The summed E-state index contributed by atoms with van der Waals surface area (Å²) in [5, 5.41) is 10.5. The van der Waals surface area contributed by atoms with E-state index in [0.29, 0.717) is 6.54 Å². The number of phenols is 1. The van der Waals surface area contributed by atoms with Crippen molar-refractivity contribution in [1.29, 1.82) is 0 Å². The summed E-state index contributed by atoms with van der Waals surface area (Å²) in [6.45, 7) is 2.45. The van der Waals surface area contributed by atoms with Crippen molar-refractivity contribution in [1.82, 2.24) is 4.72 Å². The van der Waals surface area contributed by atoms with E-state index in [4.69, 9.17) is 10.5 Å². The second-order valence-corrected chi connectivity index (χ2v) is 10.1. The number of sulfonamides is 1. The number of carbonyl (C=O) groups excluding carboxylic acids is 2. The zero-order valence-corrected chi connectivity index (χ0v) is 20.0. The molecule has 0 atom stereocenters. The zero-order chi connectivity index (χ0) is 25.2. The zero-order valence-electron chi connectivity index (χ0n) is 19.2. The number of rotatable bonds is 9. The molecule has 0 saturated heterocycles. The molecular weight excluding hydrogens is 468 g/mol. The van der Waals surface area contributed by atoms with Crippen LogP contribution in [0, 0.1) is 0 Å². The smallest absolute Gasteiger partial charge is 0.240 e. The number of benzene rings is 3. The highest BCUT2D eigenvalue weighted by atomic mass is 32.2. The maximum Gasteiger partial charge on any atom is 0.240 e. The molecule has 8 nitrogen and oxygen atoms in total. The fourth-order valence-corrected chi connectivity index (χ4v) is 5.09. The number of nitrogen functional groups attached to an aromatic ring is 1. The molecule has 0 heterocycles. The average Bonchev–Trinajstić information content (AvgIpc) is 2.84. The molecule has 1 aliphatic rings. The first-order valence-corrected chi connectivity index (χ1v) is 12.8. The van der Waals surface area contributed by atoms with Crippen molar-refractivity contribution in [2.45, 2.75) is 37.5 Å². The van der Waals surface area contributed by atoms with Crippen LogP contribution in [0.1, 0.15) is 64.4 Å². The van der Waals surface area contributed by atoms with Crippen LogP contribution in [0.15, 0.2) is 59.5 Å². The van der Waals surface area contributed by atoms with Gasteiger partial charge in [-0.1, -0.05) is 50.5 Å². The Morgan fingerprint density at radius 1 is 0.914 bits per heavy atom. The van der Waals surface area contributed by atoms with Crippen molar-refractivity contribution < 1.29 is 27.9 Å². The highest BCUT2D eigenvalue weighted by molar-refractivity contribution is 7.89. The van der Waals surface area contributed by atoms with Crippen LogP contribution in [-0.2, 0) is 10.0 Å². The van der Waals surface area contributed by atoms with Crippen LogP contribution in [0.4, 0.5) is 5.69 Å². The van der Waals surface area contributed by atoms with Crippen LogP contribution in [-0.4, -0.2) is 31.6 Å². The van der Waals surface area contributed by atoms with Gasteiger partial charge in [0.2, 0.25) is 10.0 Å². The minimum atomic E-state index is -3.66. The van der Waals surface area contributed by atoms with Crippen molar-refractivity contribution in [3.05, 3.63) is 76.9 Å². The Kier molecular flexibility index (Phi) is 6.90. The Hall–Kier alpha value is -3.69. The number of hydrogen-bond acceptors (Lipinski definition) is 7. The van der Waals surface area contributed by atoms with E-state index in [2.05, 4.69) is 11.6 Å². The molecule has 0 bridgehead atoms. The van der Waals surface area contributed by atoms with E-state index in [9.17, 15) is 23.1 Å². The molecule has 3 aromatic carbocycles. The molecule has 182 valence electrons. The molecular formula is C26H26N2O6S. The van der Waals surface area contributed by atoms with Gasteiger partial charge in [-0.3, -0.25) is 9.59 Å². The van der Waals surface area contributed by atoms with Gasteiger partial charge in [-0.15, -0.1) is 0 Å². The molecule has 0 spiro atoms. The van der Waals surface area contributed by atoms with Crippen LogP contribution >= 0.6 is 0 Å². The third kappa shape index (κ3) is 4.78. The predicted molar refractivity (Wildman–Crippen MR) is 132 cm³/mol. The first-order valence-electron chi connectivity index (χ1n) is 11.4. The van der Waals surface area contributed by atoms with Crippen LogP contribution < -0.4 is 15.2 Å². The SMILES string of the molecule is CCCCCCNS(=O)(=O)c1ccc(Oc2cc(O)c3c(c2N)C(=O)c2ccccc2C3=O)cc1. The first kappa shape index (κ1) is 24.4. The number of anilines is 1. The number of aromatic hydroxyl groups is 1. The number of ether oxygens (including phenoxy) is 1. The average molecular weight is 495 g/mol. The summed E-state index contributed by atoms with van der Waals surface area (Å²) in [4.78, 5) is 26.0. The summed E-state index contributed by atoms with van der Waals surface area (Å²) in [6.07, 6.45) is 3.85. The molecule has 3 aromatic rings. The van der Waals surface area contributed by atoms with Gasteiger partial charge >= 0.3 is 0 Å². The lowest BCUT2D eigenvalue weighted by Crippen LogP contribution is -2.24. The van der Waals surface area contributed by atoms with Crippen LogP contribution in [0.5, 0.6) is 17.2 Å². The van der Waals surface area contributed by atoms with E-state index in [-0.39, 0.29) is 44.3 Å². The third-order valence-electron chi connectivity index (χ3n) is 5.86. The Balaban J connectivity index is 1.56. The number of fused-ring (bicyclic) bond motifs is 2. The van der Waals surface area contributed by atoms with Crippen molar-refractivity contribution >= 4 is 27.3 Å². The van der Waals surface area contributed by atoms with Gasteiger partial charge < -0.3 is 15.6 Å². The second-order valence-electron chi connectivity index (χ2n) is 8.29. The van der Waals surface area contributed by atoms with Gasteiger partial charge in [0.05, 0.1) is 21.7 Å². The first-order chi connectivity index (χ1) is 16.7. The van der Waals surface area contributed by atoms with Crippen molar-refractivity contribution in [3.63, 3.8) is 0 Å². The molecule has 0 saturated carbocycles. The quantitative estimate of drug-likeness (QED) is 0.178. The lowest BCUT2D eigenvalue weighted by atomic mass is 9.82. The summed E-state index contributed by atoms with van der Waals surface area (Å²) in [7, 11) is -3.66. The molecule has 0 aliphatic heterocycles. The molecule has 4 rings (SSSR count). The van der Waals surface area contributed by atoms with Gasteiger partial charge in [-0.25, -0.2) is 13.1 Å². The van der Waals surface area contributed by atoms with E-state index in [0.717, 1.165) is 25.7 Å². The highest BCUT2D eigenvalue weighted by Crippen LogP contribution is 2.42. The molecule has 1 aliphatic carbocycles. The predicted octanol–water partition coefficient (Wildman–Crippen LogP) is 4.40. The van der Waals surface area contributed by atoms with Crippen molar-refractivity contribution in [2.75, 3.05) is 12.3 Å². The lowest BCUT2D eigenvalue weighted by Gasteiger charge is -2.21. The molecule has 0 amide bonds. The number of nitrogens with two attached hydrogens (primary N) is 1. The lowest BCUT2D eigenvalue weighted by molar-refractivity contribution is 0.0977. The Labute approximate surface area is 203 Å². The van der Waals surface area contributed by atoms with E-state index in [1.807, 2.05) is 0 Å². The Bertz CT molecular complexity index is 1400. The summed E-state index contributed by atoms with van der Waals surface area (Å²) in [5.41, 5.74) is 6.24. The van der Waals surface area contributed by atoms with Crippen molar-refractivity contribution in [3.8, 4) is 17.2 Å². The van der Waals surface area contributed by atoms with Crippen LogP contribution in [0.25, 0.3) is 0 Å². The topological polar surface area (TPSA) is 136 Å². The van der Waals surface area contributed by atoms with Gasteiger partial charge in [-0.2, -0.15) is 0 Å². The summed E-state index contributed by atoms with van der Waals surface area (Å²) < 4.78 is 33.3. The molecule has 0 aromatic heterocycles. The molecule has 0 unspecified atom stereocenters. The maximum atomic E-state index is 13.1. The number of carbonyl (C=O) groups is 2. The van der Waals surface area contributed by atoms with E-state index >= 15 is 0 Å². The Morgan fingerprint density at radius 3 is 2.17 bits per heavy atom. The fourth-order valence-electron chi connectivity index (χ4n) is 4.01. The summed E-state index contributed by atoms with van der Waals surface area (Å²) in [5.74, 6) is -1.19. The number of hydrogen-bond donors (Lipinski definition) is 3. The second kappa shape index (κ2) is 9.89. The molecule has 0 fully saturated rings. The standard InChI is InChI=1S/C26H26N2O6S/c1-2-3-4-7-14-28-35(32,33)17-12-10-16(11-13-17)34-21-15-20(29)22-23(24(21)27)26(31)19-9-6-5-8-18(19)25(22)30/h5-6,8-13,15,28-29H,2-4,7,14,27H2,1H3. The number of phenolic OH excluding ortho intramolecular Hbond substituents is 1. The third-order valence-corrected chi connectivity index (χ3v) is 7.34. The number of nitrogens with one attached hydrogen (secondary N) is 1. The Morgan fingerprint density at radius 2 is 1.54 bits per heavy atom. The van der Waals surface area contributed by atoms with Gasteiger partial charge in [0.25, 0.3) is 0 Å². The van der Waals surface area contributed by atoms with Gasteiger partial charge in [-0.05, 0) is 30.7 Å². The monoisotopic (exact) mass is 494 g/mol. The minimum Gasteiger partial charge on any atom is -0.507 e. The van der Waals surface area contributed by atoms with Crippen molar-refractivity contribution in [2.24, 2.45) is 0 Å². The van der Waals surface area contributed by atoms with Gasteiger partial charge in [0.1, 0.15) is 11.5 Å². The number of unbranched alkanes of at least 4 members (excludes halogenated alkanes) is 3. The van der Waals surface area contributed by atoms with Crippen LogP contribution in [0.3, 0.4) is 0 Å². The maximum absolute atomic E-state index is 13.1. The molecule has 0 radical (unpaired) electrons. The fraction of sp³-hybridized carbons (Fsp3) is 0.231. The van der Waals surface area contributed by atoms with E-state index < -0.39 is 27.3 Å². The highest BCUT2D eigenvalue weighted by Gasteiger charge is 2.35. The number of ketones is 2.